The van der Waals surface area contributed by atoms with Gasteiger partial charge in [0, 0.05) is 24.1 Å². The number of nitrogens with zero attached hydrogens (tertiary/aromatic N) is 3. The van der Waals surface area contributed by atoms with E-state index in [4.69, 9.17) is 0 Å². The van der Waals surface area contributed by atoms with Gasteiger partial charge in [-0.1, -0.05) is 19.1 Å². The monoisotopic (exact) mass is 328 g/mol. The molecular weight excluding hydrogens is 308 g/mol. The third-order valence-electron chi connectivity index (χ3n) is 4.31. The number of carbonyl (C=O) groups is 2. The topological polar surface area (TPSA) is 99.2 Å². The van der Waals surface area contributed by atoms with E-state index in [0.717, 1.165) is 30.7 Å². The lowest BCUT2D eigenvalue weighted by Gasteiger charge is -2.33. The molecule has 1 aliphatic heterocycles. The highest BCUT2D eigenvalue weighted by atomic mass is 16.4. The van der Waals surface area contributed by atoms with Crippen molar-refractivity contribution < 1.29 is 14.7 Å². The Balaban J connectivity index is 1.79. The molecule has 7 heteroatoms. The zero-order chi connectivity index (χ0) is 17.1. The summed E-state index contributed by atoms with van der Waals surface area (Å²) in [5.41, 5.74) is 1.30. The van der Waals surface area contributed by atoms with Crippen LogP contribution in [0, 0.1) is 0 Å². The lowest BCUT2D eigenvalue weighted by Crippen LogP contribution is -2.47. The van der Waals surface area contributed by atoms with E-state index in [1.54, 1.807) is 24.3 Å². The maximum absolute atomic E-state index is 12.6. The zero-order valence-electron chi connectivity index (χ0n) is 13.5. The average molecular weight is 328 g/mol. The largest absolute Gasteiger partial charge is 0.480 e. The molecular formula is C17H20N4O3. The lowest BCUT2D eigenvalue weighted by atomic mass is 10.0. The number of likely N-dealkylation sites (tertiary alicyclic amines) is 1. The molecule has 1 amide bonds. The Labute approximate surface area is 139 Å². The number of aromatic amines is 1. The number of benzene rings is 1. The summed E-state index contributed by atoms with van der Waals surface area (Å²) in [5, 5.41) is 16.3. The van der Waals surface area contributed by atoms with Gasteiger partial charge in [0.05, 0.1) is 0 Å². The summed E-state index contributed by atoms with van der Waals surface area (Å²) in [5.74, 6) is 0.223. The average Bonchev–Trinajstić information content (AvgIpc) is 3.10. The zero-order valence-corrected chi connectivity index (χ0v) is 13.5. The summed E-state index contributed by atoms with van der Waals surface area (Å²) in [7, 11) is 0. The van der Waals surface area contributed by atoms with Gasteiger partial charge in [-0.05, 0) is 31.4 Å². The quantitative estimate of drug-likeness (QED) is 0.895. The van der Waals surface area contributed by atoms with E-state index >= 15 is 0 Å². The highest BCUT2D eigenvalue weighted by Gasteiger charge is 2.32. The van der Waals surface area contributed by atoms with Crippen molar-refractivity contribution in [1.82, 2.24) is 20.1 Å². The summed E-state index contributed by atoms with van der Waals surface area (Å²) in [6.07, 6.45) is 2.96. The predicted octanol–water partition coefficient (Wildman–Crippen LogP) is 2.11. The second-order valence-corrected chi connectivity index (χ2v) is 5.88. The number of carbonyl (C=O) groups excluding carboxylic acids is 1. The third-order valence-corrected chi connectivity index (χ3v) is 4.31. The van der Waals surface area contributed by atoms with Crippen LogP contribution in [0.4, 0.5) is 0 Å². The molecule has 0 saturated carbocycles. The number of hydrogen-bond acceptors (Lipinski definition) is 4. The highest BCUT2D eigenvalue weighted by molar-refractivity contribution is 5.97. The Morgan fingerprint density at radius 3 is 2.67 bits per heavy atom. The Kier molecular flexibility index (Phi) is 4.59. The number of carboxylic acids is 1. The molecule has 1 unspecified atom stereocenters. The molecule has 1 aromatic heterocycles. The van der Waals surface area contributed by atoms with Gasteiger partial charge in [-0.3, -0.25) is 9.89 Å². The molecule has 7 nitrogen and oxygen atoms in total. The van der Waals surface area contributed by atoms with Crippen molar-refractivity contribution in [3.8, 4) is 11.4 Å². The van der Waals surface area contributed by atoms with Crippen molar-refractivity contribution >= 4 is 11.9 Å². The smallest absolute Gasteiger partial charge is 0.326 e. The van der Waals surface area contributed by atoms with Crippen LogP contribution in [-0.4, -0.2) is 49.7 Å². The Bertz CT molecular complexity index is 739. The number of amides is 1. The van der Waals surface area contributed by atoms with E-state index in [9.17, 15) is 14.7 Å². The molecule has 2 aromatic rings. The SMILES string of the molecule is CCc1nc(-c2ccc(C(=O)N3CCCCC3C(=O)O)cc2)n[nH]1. The van der Waals surface area contributed by atoms with Crippen LogP contribution in [-0.2, 0) is 11.2 Å². The van der Waals surface area contributed by atoms with Crippen LogP contribution in [0.2, 0.25) is 0 Å². The van der Waals surface area contributed by atoms with Crippen LogP contribution in [0.1, 0.15) is 42.4 Å². The van der Waals surface area contributed by atoms with E-state index < -0.39 is 12.0 Å². The van der Waals surface area contributed by atoms with Crippen LogP contribution >= 0.6 is 0 Å². The number of H-pyrrole nitrogens is 1. The minimum atomic E-state index is -0.938. The van der Waals surface area contributed by atoms with E-state index in [1.165, 1.54) is 4.90 Å². The molecule has 1 aromatic carbocycles. The van der Waals surface area contributed by atoms with E-state index in [-0.39, 0.29) is 5.91 Å². The van der Waals surface area contributed by atoms with Crippen LogP contribution in [0.15, 0.2) is 24.3 Å². The molecule has 3 rings (SSSR count). The number of rotatable bonds is 4. The molecule has 0 spiro atoms. The van der Waals surface area contributed by atoms with Gasteiger partial charge in [-0.2, -0.15) is 5.10 Å². The minimum absolute atomic E-state index is 0.238. The van der Waals surface area contributed by atoms with Gasteiger partial charge in [0.25, 0.3) is 5.91 Å². The fraction of sp³-hybridized carbons (Fsp3) is 0.412. The first kappa shape index (κ1) is 16.2. The van der Waals surface area contributed by atoms with Crippen molar-refractivity contribution in [3.05, 3.63) is 35.7 Å². The Hall–Kier alpha value is -2.70. The summed E-state index contributed by atoms with van der Waals surface area (Å²) < 4.78 is 0. The lowest BCUT2D eigenvalue weighted by molar-refractivity contribution is -0.143. The number of hydrogen-bond donors (Lipinski definition) is 2. The second-order valence-electron chi connectivity index (χ2n) is 5.88. The number of aromatic nitrogens is 3. The van der Waals surface area contributed by atoms with Crippen molar-refractivity contribution in [3.63, 3.8) is 0 Å². The summed E-state index contributed by atoms with van der Waals surface area (Å²) in [4.78, 5) is 29.8. The molecule has 1 atom stereocenters. The van der Waals surface area contributed by atoms with Crippen molar-refractivity contribution in [1.29, 1.82) is 0 Å². The molecule has 126 valence electrons. The number of aliphatic carboxylic acids is 1. The van der Waals surface area contributed by atoms with Crippen molar-refractivity contribution in [2.45, 2.75) is 38.6 Å². The number of aryl methyl sites for hydroxylation is 1. The Morgan fingerprint density at radius 1 is 1.29 bits per heavy atom. The molecule has 1 fully saturated rings. The van der Waals surface area contributed by atoms with Crippen molar-refractivity contribution in [2.24, 2.45) is 0 Å². The standard InChI is InChI=1S/C17H20N4O3/c1-2-14-18-15(20-19-14)11-6-8-12(9-7-11)16(22)21-10-4-3-5-13(21)17(23)24/h6-9,13H,2-5,10H2,1H3,(H,23,24)(H,18,19,20). The number of nitrogens with one attached hydrogen (secondary N) is 1. The molecule has 24 heavy (non-hydrogen) atoms. The number of carboxylic acid groups (broad SMARTS) is 1. The summed E-state index contributed by atoms with van der Waals surface area (Å²) in [6.45, 7) is 2.47. The first-order valence-electron chi connectivity index (χ1n) is 8.15. The van der Waals surface area contributed by atoms with Gasteiger partial charge in [0.1, 0.15) is 11.9 Å². The van der Waals surface area contributed by atoms with E-state index in [1.807, 2.05) is 6.92 Å². The second kappa shape index (κ2) is 6.82. The summed E-state index contributed by atoms with van der Waals surface area (Å²) >= 11 is 0. The third kappa shape index (κ3) is 3.15. The van der Waals surface area contributed by atoms with Crippen LogP contribution in [0.3, 0.4) is 0 Å². The first-order chi connectivity index (χ1) is 11.6. The van der Waals surface area contributed by atoms with Gasteiger partial charge in [-0.15, -0.1) is 0 Å². The molecule has 2 heterocycles. The molecule has 0 aliphatic carbocycles. The van der Waals surface area contributed by atoms with Gasteiger partial charge < -0.3 is 10.0 Å². The van der Waals surface area contributed by atoms with Crippen LogP contribution in [0.5, 0.6) is 0 Å². The van der Waals surface area contributed by atoms with Crippen LogP contribution < -0.4 is 0 Å². The van der Waals surface area contributed by atoms with Gasteiger partial charge in [0.2, 0.25) is 0 Å². The van der Waals surface area contributed by atoms with Gasteiger partial charge in [0.15, 0.2) is 5.82 Å². The minimum Gasteiger partial charge on any atom is -0.480 e. The maximum atomic E-state index is 12.6. The fourth-order valence-corrected chi connectivity index (χ4v) is 2.94. The molecule has 0 radical (unpaired) electrons. The first-order valence-corrected chi connectivity index (χ1v) is 8.15. The van der Waals surface area contributed by atoms with E-state index in [2.05, 4.69) is 15.2 Å². The normalized spacial score (nSPS) is 17.7. The highest BCUT2D eigenvalue weighted by Crippen LogP contribution is 2.22. The Morgan fingerprint density at radius 2 is 2.04 bits per heavy atom. The maximum Gasteiger partial charge on any atom is 0.326 e. The van der Waals surface area contributed by atoms with Gasteiger partial charge in [-0.25, -0.2) is 9.78 Å². The molecule has 2 N–H and O–H groups in total. The number of piperidine rings is 1. The van der Waals surface area contributed by atoms with E-state index in [0.29, 0.717) is 24.4 Å². The fourth-order valence-electron chi connectivity index (χ4n) is 2.94. The van der Waals surface area contributed by atoms with Gasteiger partial charge >= 0.3 is 5.97 Å². The summed E-state index contributed by atoms with van der Waals surface area (Å²) in [6, 6.07) is 6.25. The van der Waals surface area contributed by atoms with Crippen molar-refractivity contribution in [2.75, 3.05) is 6.54 Å². The molecule has 0 bridgehead atoms. The molecule has 1 aliphatic rings. The molecule has 1 saturated heterocycles. The van der Waals surface area contributed by atoms with Crippen LogP contribution in [0.25, 0.3) is 11.4 Å². The predicted molar refractivity (Wildman–Crippen MR) is 87.5 cm³/mol.